The summed E-state index contributed by atoms with van der Waals surface area (Å²) in [6.07, 6.45) is 0. The van der Waals surface area contributed by atoms with Gasteiger partial charge in [0.2, 0.25) is 0 Å². The van der Waals surface area contributed by atoms with Gasteiger partial charge in [-0.2, -0.15) is 0 Å². The highest BCUT2D eigenvalue weighted by Crippen LogP contribution is 2.41. The van der Waals surface area contributed by atoms with Crippen molar-refractivity contribution in [3.05, 3.63) is 109 Å². The molecule has 0 aliphatic rings. The van der Waals surface area contributed by atoms with Crippen molar-refractivity contribution >= 4 is 75.9 Å². The molecular formula is C32H18N2. The first-order valence-electron chi connectivity index (χ1n) is 11.6. The quantitative estimate of drug-likeness (QED) is 0.178. The molecule has 0 saturated heterocycles. The Kier molecular flexibility index (Phi) is 3.42. The Morgan fingerprint density at radius 1 is 0.353 bits per heavy atom. The van der Waals surface area contributed by atoms with Crippen molar-refractivity contribution in [2.24, 2.45) is 0 Å². The summed E-state index contributed by atoms with van der Waals surface area (Å²) < 4.78 is 0. The van der Waals surface area contributed by atoms with Crippen molar-refractivity contribution < 1.29 is 0 Å². The fourth-order valence-corrected chi connectivity index (χ4v) is 5.59. The van der Waals surface area contributed by atoms with Gasteiger partial charge in [-0.15, -0.1) is 0 Å². The number of nitrogens with zero attached hydrogens (tertiary/aromatic N) is 2. The van der Waals surface area contributed by atoms with Gasteiger partial charge in [-0.3, -0.25) is 0 Å². The third-order valence-electron chi connectivity index (χ3n) is 7.15. The van der Waals surface area contributed by atoms with Gasteiger partial charge in [0.25, 0.3) is 0 Å². The highest BCUT2D eigenvalue weighted by Gasteiger charge is 2.16. The van der Waals surface area contributed by atoms with Crippen molar-refractivity contribution in [2.45, 2.75) is 0 Å². The highest BCUT2D eigenvalue weighted by molar-refractivity contribution is 6.35. The van der Waals surface area contributed by atoms with Gasteiger partial charge >= 0.3 is 0 Å². The maximum Gasteiger partial charge on any atom is 0.0979 e. The third-order valence-corrected chi connectivity index (χ3v) is 7.15. The average Bonchev–Trinajstić information content (AvgIpc) is 2.90. The molecule has 0 fully saturated rings. The van der Waals surface area contributed by atoms with Crippen LogP contribution in [0.5, 0.6) is 0 Å². The van der Waals surface area contributed by atoms with Crippen LogP contribution in [0.1, 0.15) is 0 Å². The molecule has 0 spiro atoms. The van der Waals surface area contributed by atoms with E-state index in [2.05, 4.69) is 109 Å². The van der Waals surface area contributed by atoms with E-state index in [0.717, 1.165) is 32.8 Å². The van der Waals surface area contributed by atoms with E-state index in [1.165, 1.54) is 43.1 Å². The first-order valence-corrected chi connectivity index (χ1v) is 11.6. The molecule has 2 heteroatoms. The Balaban J connectivity index is 1.70. The molecule has 0 atom stereocenters. The molecule has 8 rings (SSSR count). The van der Waals surface area contributed by atoms with Crippen molar-refractivity contribution in [3.63, 3.8) is 0 Å². The summed E-state index contributed by atoms with van der Waals surface area (Å²) in [5.74, 6) is 0. The zero-order valence-corrected chi connectivity index (χ0v) is 18.3. The van der Waals surface area contributed by atoms with Gasteiger partial charge in [0.05, 0.1) is 22.1 Å². The third kappa shape index (κ3) is 2.35. The fourth-order valence-electron chi connectivity index (χ4n) is 5.59. The van der Waals surface area contributed by atoms with Crippen LogP contribution in [-0.2, 0) is 0 Å². The van der Waals surface area contributed by atoms with Gasteiger partial charge in [-0.1, -0.05) is 97.1 Å². The van der Waals surface area contributed by atoms with Crippen molar-refractivity contribution in [1.82, 2.24) is 9.97 Å². The molecular weight excluding hydrogens is 412 g/mol. The van der Waals surface area contributed by atoms with Gasteiger partial charge in [0, 0.05) is 21.5 Å². The second-order valence-corrected chi connectivity index (χ2v) is 9.03. The molecule has 1 aromatic heterocycles. The highest BCUT2D eigenvalue weighted by atomic mass is 14.8. The van der Waals surface area contributed by atoms with E-state index >= 15 is 0 Å². The normalized spacial score (nSPS) is 12.1. The number of benzene rings is 7. The van der Waals surface area contributed by atoms with E-state index in [4.69, 9.17) is 9.97 Å². The Labute approximate surface area is 195 Å². The summed E-state index contributed by atoms with van der Waals surface area (Å²) in [5.41, 5.74) is 3.79. The van der Waals surface area contributed by atoms with E-state index in [9.17, 15) is 0 Å². The molecule has 0 unspecified atom stereocenters. The molecule has 8 aromatic rings. The zero-order valence-electron chi connectivity index (χ0n) is 18.3. The average molecular weight is 431 g/mol. The maximum atomic E-state index is 5.23. The molecule has 0 N–H and O–H groups in total. The van der Waals surface area contributed by atoms with Crippen LogP contribution < -0.4 is 0 Å². The molecule has 156 valence electrons. The minimum absolute atomic E-state index is 0.931. The molecule has 1 heterocycles. The van der Waals surface area contributed by atoms with E-state index in [0.29, 0.717) is 0 Å². The van der Waals surface area contributed by atoms with Crippen LogP contribution in [0.2, 0.25) is 0 Å². The van der Waals surface area contributed by atoms with Gasteiger partial charge in [0.1, 0.15) is 0 Å². The van der Waals surface area contributed by atoms with E-state index in [1.54, 1.807) is 0 Å². The van der Waals surface area contributed by atoms with E-state index < -0.39 is 0 Å². The second-order valence-electron chi connectivity index (χ2n) is 9.03. The van der Waals surface area contributed by atoms with Crippen LogP contribution in [-0.4, -0.2) is 9.97 Å². The molecule has 34 heavy (non-hydrogen) atoms. The van der Waals surface area contributed by atoms with Crippen molar-refractivity contribution in [3.8, 4) is 0 Å². The van der Waals surface area contributed by atoms with Crippen LogP contribution in [0.4, 0.5) is 0 Å². The zero-order chi connectivity index (χ0) is 22.2. The topological polar surface area (TPSA) is 25.8 Å². The molecule has 7 aromatic carbocycles. The standard InChI is InChI=1S/C32H18N2/c1-2-10-22-18-28-27(17-21(22)9-1)33-31-25-15-13-19-7-3-5-11-23(19)29(25)30-24-12-6-4-8-20(24)14-16-26(30)32(31)34-28/h1-18H. The largest absolute Gasteiger partial charge is 0.244 e. The Bertz CT molecular complexity index is 1970. The Morgan fingerprint density at radius 3 is 1.24 bits per heavy atom. The van der Waals surface area contributed by atoms with Crippen LogP contribution >= 0.6 is 0 Å². The molecule has 2 nitrogen and oxygen atoms in total. The summed E-state index contributed by atoms with van der Waals surface area (Å²) in [6.45, 7) is 0. The SMILES string of the molecule is c1ccc2cc3nc4c5ccc6ccccc6c5c5c6ccccc6ccc5c4nc3cc2c1. The smallest absolute Gasteiger partial charge is 0.0979 e. The number of aromatic nitrogens is 2. The van der Waals surface area contributed by atoms with Crippen molar-refractivity contribution in [1.29, 1.82) is 0 Å². The number of rotatable bonds is 0. The van der Waals surface area contributed by atoms with Gasteiger partial charge in [-0.25, -0.2) is 9.97 Å². The van der Waals surface area contributed by atoms with E-state index in [-0.39, 0.29) is 0 Å². The first-order chi connectivity index (χ1) is 16.8. The summed E-state index contributed by atoms with van der Waals surface area (Å²) >= 11 is 0. The second kappa shape index (κ2) is 6.49. The molecule has 0 saturated carbocycles. The number of hydrogen-bond donors (Lipinski definition) is 0. The first kappa shape index (κ1) is 17.9. The molecule has 0 aliphatic carbocycles. The van der Waals surface area contributed by atoms with Crippen LogP contribution in [0.25, 0.3) is 75.9 Å². The lowest BCUT2D eigenvalue weighted by Crippen LogP contribution is -1.93. The minimum Gasteiger partial charge on any atom is -0.244 e. The Morgan fingerprint density at radius 2 is 0.765 bits per heavy atom. The maximum absolute atomic E-state index is 5.23. The summed E-state index contributed by atoms with van der Waals surface area (Å²) in [6, 6.07) is 38.9. The van der Waals surface area contributed by atoms with E-state index in [1.807, 2.05) is 0 Å². The monoisotopic (exact) mass is 430 g/mol. The molecule has 0 bridgehead atoms. The minimum atomic E-state index is 0.931. The lowest BCUT2D eigenvalue weighted by atomic mass is 9.91. The predicted molar refractivity (Wildman–Crippen MR) is 145 cm³/mol. The van der Waals surface area contributed by atoms with Gasteiger partial charge < -0.3 is 0 Å². The molecule has 0 amide bonds. The number of fused-ring (bicyclic) bond motifs is 12. The lowest BCUT2D eigenvalue weighted by Gasteiger charge is -2.14. The Hall–Kier alpha value is -4.56. The summed E-state index contributed by atoms with van der Waals surface area (Å²) in [4.78, 5) is 10.5. The van der Waals surface area contributed by atoms with Crippen molar-refractivity contribution in [2.75, 3.05) is 0 Å². The van der Waals surface area contributed by atoms with Crippen LogP contribution in [0.3, 0.4) is 0 Å². The summed E-state index contributed by atoms with van der Waals surface area (Å²) in [7, 11) is 0. The fraction of sp³-hybridized carbons (Fsp3) is 0. The van der Waals surface area contributed by atoms with Gasteiger partial charge in [0.15, 0.2) is 0 Å². The molecule has 0 radical (unpaired) electrons. The predicted octanol–water partition coefficient (Wildman–Crippen LogP) is 8.55. The van der Waals surface area contributed by atoms with Crippen LogP contribution in [0.15, 0.2) is 109 Å². The van der Waals surface area contributed by atoms with Gasteiger partial charge in [-0.05, 0) is 44.5 Å². The summed E-state index contributed by atoms with van der Waals surface area (Å²) in [5, 5.41) is 12.2. The van der Waals surface area contributed by atoms with Crippen LogP contribution in [0, 0.1) is 0 Å². The number of hydrogen-bond acceptors (Lipinski definition) is 2. The molecule has 0 aliphatic heterocycles. The lowest BCUT2D eigenvalue weighted by molar-refractivity contribution is 1.43.